The number of phenolic OH excluding ortho intramolecular Hbond substituents is 2. The minimum Gasteiger partial charge on any atom is -0.508 e. The van der Waals surface area contributed by atoms with Crippen LogP contribution in [-0.4, -0.2) is 44.4 Å². The number of hydrogen-bond acceptors (Lipinski definition) is 5. The van der Waals surface area contributed by atoms with Gasteiger partial charge >= 0.3 is 6.09 Å². The number of nitrogens with one attached hydrogen (secondary N) is 1. The lowest BCUT2D eigenvalue weighted by Crippen LogP contribution is -2.29. The van der Waals surface area contributed by atoms with Crippen LogP contribution in [0.2, 0.25) is 0 Å². The predicted molar refractivity (Wildman–Crippen MR) is 110 cm³/mol. The highest BCUT2D eigenvalue weighted by Gasteiger charge is 2.16. The molecule has 152 valence electrons. The number of phenols is 2. The number of aliphatic hydroxyl groups is 1. The lowest BCUT2D eigenvalue weighted by molar-refractivity contribution is 0.149. The largest absolute Gasteiger partial charge is 0.508 e. The van der Waals surface area contributed by atoms with Crippen molar-refractivity contribution in [1.82, 2.24) is 5.32 Å². The maximum atomic E-state index is 10.8. The van der Waals surface area contributed by atoms with E-state index < -0.39 is 12.2 Å². The predicted octanol–water partition coefficient (Wildman–Crippen LogP) is 3.99. The maximum Gasteiger partial charge on any atom is 0.404 e. The summed E-state index contributed by atoms with van der Waals surface area (Å²) in [6, 6.07) is 14.4. The fourth-order valence-corrected chi connectivity index (χ4v) is 4.00. The summed E-state index contributed by atoms with van der Waals surface area (Å²) in [6.07, 6.45) is 2.06. The van der Waals surface area contributed by atoms with Crippen molar-refractivity contribution in [3.05, 3.63) is 54.1 Å². The van der Waals surface area contributed by atoms with E-state index in [4.69, 9.17) is 5.11 Å². The van der Waals surface area contributed by atoms with E-state index in [1.807, 2.05) is 18.2 Å². The second kappa shape index (κ2) is 11.5. The van der Waals surface area contributed by atoms with Gasteiger partial charge in [-0.1, -0.05) is 30.3 Å². The number of aromatic hydroxyl groups is 2. The zero-order valence-corrected chi connectivity index (χ0v) is 16.4. The van der Waals surface area contributed by atoms with Crippen LogP contribution >= 0.6 is 11.8 Å². The quantitative estimate of drug-likeness (QED) is 0.362. The van der Waals surface area contributed by atoms with Crippen molar-refractivity contribution in [3.63, 3.8) is 0 Å². The summed E-state index contributed by atoms with van der Waals surface area (Å²) >= 11 is 1.33. The summed E-state index contributed by atoms with van der Waals surface area (Å²) in [5.74, 6) is -0.0790. The van der Waals surface area contributed by atoms with Crippen molar-refractivity contribution in [2.24, 2.45) is 0 Å². The van der Waals surface area contributed by atoms with E-state index in [0.717, 1.165) is 12.8 Å². The molecule has 2 aromatic rings. The van der Waals surface area contributed by atoms with Gasteiger partial charge in [0, 0.05) is 22.8 Å². The molecule has 0 spiro atoms. The average Bonchev–Trinajstić information content (AvgIpc) is 2.66. The summed E-state index contributed by atoms with van der Waals surface area (Å²) in [4.78, 5) is 11.4. The summed E-state index contributed by atoms with van der Waals surface area (Å²) in [5.41, 5.74) is 1.25. The molecule has 0 heterocycles. The fraction of sp³-hybridized carbons (Fsp3) is 0.381. The number of aliphatic hydroxyl groups excluding tert-OH is 1. The molecule has 0 saturated heterocycles. The van der Waals surface area contributed by atoms with Gasteiger partial charge in [-0.25, -0.2) is 4.79 Å². The van der Waals surface area contributed by atoms with Crippen LogP contribution in [0.1, 0.15) is 31.2 Å². The van der Waals surface area contributed by atoms with Crippen LogP contribution in [0.3, 0.4) is 0 Å². The molecule has 2 aromatic carbocycles. The van der Waals surface area contributed by atoms with Crippen molar-refractivity contribution in [2.45, 2.75) is 48.4 Å². The molecule has 2 rings (SSSR count). The van der Waals surface area contributed by atoms with Gasteiger partial charge in [-0.15, -0.1) is 11.8 Å². The Hall–Kier alpha value is -2.38. The van der Waals surface area contributed by atoms with Gasteiger partial charge < -0.3 is 25.7 Å². The molecule has 0 fully saturated rings. The molecule has 2 unspecified atom stereocenters. The van der Waals surface area contributed by atoms with Crippen molar-refractivity contribution < 1.29 is 25.2 Å². The number of carbonyl (C=O) groups is 1. The third-order valence-electron chi connectivity index (χ3n) is 4.38. The van der Waals surface area contributed by atoms with Gasteiger partial charge in [0.1, 0.15) is 11.5 Å². The zero-order valence-electron chi connectivity index (χ0n) is 15.6. The minimum atomic E-state index is -1.11. The minimum absolute atomic E-state index is 0.0316. The zero-order chi connectivity index (χ0) is 20.4. The molecule has 5 N–H and O–H groups in total. The molecular formula is C21H27NO5S. The normalized spacial score (nSPS) is 13.0. The number of thioether (sulfide) groups is 1. The smallest absolute Gasteiger partial charge is 0.404 e. The molecule has 2 atom stereocenters. The van der Waals surface area contributed by atoms with Crippen molar-refractivity contribution in [1.29, 1.82) is 0 Å². The van der Waals surface area contributed by atoms with Crippen LogP contribution in [-0.2, 0) is 6.42 Å². The Bertz CT molecular complexity index is 741. The van der Waals surface area contributed by atoms with Gasteiger partial charge in [0.2, 0.25) is 0 Å². The number of hydrogen-bond donors (Lipinski definition) is 5. The van der Waals surface area contributed by atoms with E-state index in [1.165, 1.54) is 29.5 Å². The molecule has 0 aliphatic carbocycles. The number of rotatable bonds is 11. The second-order valence-electron chi connectivity index (χ2n) is 6.69. The molecule has 7 heteroatoms. The van der Waals surface area contributed by atoms with Crippen LogP contribution in [0, 0.1) is 0 Å². The first-order valence-corrected chi connectivity index (χ1v) is 10.2. The summed E-state index contributed by atoms with van der Waals surface area (Å²) in [5, 5.41) is 40.7. The molecule has 1 amide bonds. The van der Waals surface area contributed by atoms with Crippen molar-refractivity contribution >= 4 is 17.9 Å². The molecule has 0 radical (unpaired) electrons. The SMILES string of the molecule is O=C(O)NCC(CCC(O)CCCc1ccccc1)Sc1ccc(O)cc1O. The van der Waals surface area contributed by atoms with Gasteiger partial charge in [0.15, 0.2) is 0 Å². The summed E-state index contributed by atoms with van der Waals surface area (Å²) < 4.78 is 0. The monoisotopic (exact) mass is 405 g/mol. The van der Waals surface area contributed by atoms with E-state index in [-0.39, 0.29) is 23.3 Å². The van der Waals surface area contributed by atoms with Gasteiger partial charge in [-0.05, 0) is 49.8 Å². The fourth-order valence-electron chi connectivity index (χ4n) is 2.90. The number of aryl methyl sites for hydroxylation is 1. The third kappa shape index (κ3) is 8.10. The Morgan fingerprint density at radius 3 is 2.46 bits per heavy atom. The van der Waals surface area contributed by atoms with Crippen LogP contribution < -0.4 is 5.32 Å². The lowest BCUT2D eigenvalue weighted by Gasteiger charge is -2.19. The van der Waals surface area contributed by atoms with Crippen LogP contribution in [0.15, 0.2) is 53.4 Å². The van der Waals surface area contributed by atoms with Crippen molar-refractivity contribution in [3.8, 4) is 11.5 Å². The van der Waals surface area contributed by atoms with E-state index in [0.29, 0.717) is 24.2 Å². The Kier molecular flexibility index (Phi) is 8.97. The Morgan fingerprint density at radius 1 is 1.04 bits per heavy atom. The standard InChI is InChI=1S/C21H27NO5S/c23-16(8-4-7-15-5-2-1-3-6-15)9-11-18(14-22-21(26)27)28-20-12-10-17(24)13-19(20)25/h1-3,5-6,10,12-13,16,18,22-25H,4,7-9,11,14H2,(H,26,27). The van der Waals surface area contributed by atoms with Gasteiger partial charge in [-0.3, -0.25) is 0 Å². The Balaban J connectivity index is 1.82. The number of benzene rings is 2. The Morgan fingerprint density at radius 2 is 1.79 bits per heavy atom. The summed E-state index contributed by atoms with van der Waals surface area (Å²) in [7, 11) is 0. The topological polar surface area (TPSA) is 110 Å². The van der Waals surface area contributed by atoms with Crippen molar-refractivity contribution in [2.75, 3.05) is 6.54 Å². The average molecular weight is 406 g/mol. The number of amides is 1. The molecule has 28 heavy (non-hydrogen) atoms. The molecule has 6 nitrogen and oxygen atoms in total. The Labute approximate surface area is 169 Å². The van der Waals surface area contributed by atoms with E-state index in [2.05, 4.69) is 17.4 Å². The molecule has 0 aromatic heterocycles. The molecule has 0 aliphatic rings. The molecule has 0 saturated carbocycles. The van der Waals surface area contributed by atoms with Crippen LogP contribution in [0.4, 0.5) is 4.79 Å². The van der Waals surface area contributed by atoms with E-state index >= 15 is 0 Å². The molecular weight excluding hydrogens is 378 g/mol. The van der Waals surface area contributed by atoms with Gasteiger partial charge in [0.05, 0.1) is 6.10 Å². The van der Waals surface area contributed by atoms with Crippen LogP contribution in [0.25, 0.3) is 0 Å². The van der Waals surface area contributed by atoms with E-state index in [9.17, 15) is 20.1 Å². The molecule has 0 aliphatic heterocycles. The van der Waals surface area contributed by atoms with Gasteiger partial charge in [-0.2, -0.15) is 0 Å². The maximum absolute atomic E-state index is 10.8. The number of carboxylic acid groups (broad SMARTS) is 1. The highest BCUT2D eigenvalue weighted by molar-refractivity contribution is 8.00. The lowest BCUT2D eigenvalue weighted by atomic mass is 10.0. The highest BCUT2D eigenvalue weighted by Crippen LogP contribution is 2.35. The first-order chi connectivity index (χ1) is 13.4. The first-order valence-electron chi connectivity index (χ1n) is 9.31. The second-order valence-corrected chi connectivity index (χ2v) is 8.03. The van der Waals surface area contributed by atoms with E-state index in [1.54, 1.807) is 6.07 Å². The third-order valence-corrected chi connectivity index (χ3v) is 5.72. The van der Waals surface area contributed by atoms with Gasteiger partial charge in [0.25, 0.3) is 0 Å². The molecule has 0 bridgehead atoms. The van der Waals surface area contributed by atoms with Crippen LogP contribution in [0.5, 0.6) is 11.5 Å². The highest BCUT2D eigenvalue weighted by atomic mass is 32.2. The summed E-state index contributed by atoms with van der Waals surface area (Å²) in [6.45, 7) is 0.205. The first kappa shape index (κ1) is 21.9.